The molecule has 0 aromatic carbocycles. The number of halogens is 1. The lowest BCUT2D eigenvalue weighted by molar-refractivity contribution is 0.289. The van der Waals surface area contributed by atoms with Crippen LogP contribution in [0.25, 0.3) is 0 Å². The van der Waals surface area contributed by atoms with Crippen molar-refractivity contribution in [3.05, 3.63) is 12.3 Å². The molecule has 1 saturated carbocycles. The van der Waals surface area contributed by atoms with E-state index in [0.29, 0.717) is 6.04 Å². The van der Waals surface area contributed by atoms with E-state index in [1.807, 2.05) is 0 Å². The number of rotatable bonds is 1. The number of hydrogen-bond acceptors (Lipinski definition) is 2. The van der Waals surface area contributed by atoms with Gasteiger partial charge in [0.2, 0.25) is 0 Å². The van der Waals surface area contributed by atoms with Gasteiger partial charge < -0.3 is 4.90 Å². The molecule has 1 aliphatic carbocycles. The molecule has 1 aliphatic heterocycles. The fourth-order valence-corrected chi connectivity index (χ4v) is 1.51. The van der Waals surface area contributed by atoms with Gasteiger partial charge in [0.05, 0.1) is 0 Å². The van der Waals surface area contributed by atoms with E-state index in [0.717, 1.165) is 6.54 Å². The number of nitrogens with one attached hydrogen (secondary N) is 1. The van der Waals surface area contributed by atoms with Crippen molar-refractivity contribution in [1.29, 1.82) is 0 Å². The third-order valence-electron chi connectivity index (χ3n) is 1.91. The number of hydrogen-bond donors (Lipinski definition) is 1. The summed E-state index contributed by atoms with van der Waals surface area (Å²) in [7, 11) is 0. The van der Waals surface area contributed by atoms with Gasteiger partial charge in [0.1, 0.15) is 0 Å². The van der Waals surface area contributed by atoms with Gasteiger partial charge in [-0.1, -0.05) is 17.7 Å². The van der Waals surface area contributed by atoms with Crippen molar-refractivity contribution in [2.24, 2.45) is 0 Å². The van der Waals surface area contributed by atoms with Crippen molar-refractivity contribution in [3.63, 3.8) is 0 Å². The Morgan fingerprint density at radius 3 is 2.90 bits per heavy atom. The van der Waals surface area contributed by atoms with Crippen molar-refractivity contribution < 1.29 is 0 Å². The predicted molar refractivity (Wildman–Crippen MR) is 41.6 cm³/mol. The van der Waals surface area contributed by atoms with Gasteiger partial charge >= 0.3 is 0 Å². The van der Waals surface area contributed by atoms with Crippen LogP contribution in [0.3, 0.4) is 0 Å². The highest BCUT2D eigenvalue weighted by Gasteiger charge is 2.31. The van der Waals surface area contributed by atoms with Gasteiger partial charge in [-0.3, -0.25) is 5.32 Å². The summed E-state index contributed by atoms with van der Waals surface area (Å²) in [5, 5.41) is 3.16. The van der Waals surface area contributed by atoms with Crippen LogP contribution in [-0.4, -0.2) is 23.1 Å². The first-order chi connectivity index (χ1) is 4.88. The molecule has 1 unspecified atom stereocenters. The van der Waals surface area contributed by atoms with Crippen LogP contribution < -0.4 is 5.32 Å². The zero-order chi connectivity index (χ0) is 6.97. The first kappa shape index (κ1) is 6.50. The lowest BCUT2D eigenvalue weighted by Crippen LogP contribution is -2.42. The molecule has 1 atom stereocenters. The van der Waals surface area contributed by atoms with Gasteiger partial charge in [0.25, 0.3) is 0 Å². The van der Waals surface area contributed by atoms with Gasteiger partial charge in [0, 0.05) is 12.6 Å². The third-order valence-corrected chi connectivity index (χ3v) is 2.29. The van der Waals surface area contributed by atoms with Crippen LogP contribution >= 0.6 is 11.6 Å². The quantitative estimate of drug-likeness (QED) is 0.454. The van der Waals surface area contributed by atoms with Crippen LogP contribution in [0.4, 0.5) is 0 Å². The van der Waals surface area contributed by atoms with E-state index in [9.17, 15) is 0 Å². The number of nitrogens with zero attached hydrogens (tertiary/aromatic N) is 1. The minimum atomic E-state index is 0.0255. The van der Waals surface area contributed by atoms with Crippen LogP contribution in [0, 0.1) is 0 Å². The van der Waals surface area contributed by atoms with Crippen LogP contribution in [-0.2, 0) is 0 Å². The normalized spacial score (nSPS) is 32.9. The Kier molecular flexibility index (Phi) is 1.58. The summed E-state index contributed by atoms with van der Waals surface area (Å²) >= 11 is 5.98. The Morgan fingerprint density at radius 2 is 2.30 bits per heavy atom. The predicted octanol–water partition coefficient (Wildman–Crippen LogP) is 1.09. The maximum Gasteiger partial charge on any atom is 0.157 e. The van der Waals surface area contributed by atoms with E-state index in [1.54, 1.807) is 0 Å². The fourth-order valence-electron chi connectivity index (χ4n) is 1.20. The van der Waals surface area contributed by atoms with E-state index in [-0.39, 0.29) is 5.62 Å². The Balaban J connectivity index is 2.02. The van der Waals surface area contributed by atoms with E-state index < -0.39 is 0 Å². The topological polar surface area (TPSA) is 15.3 Å². The second kappa shape index (κ2) is 2.44. The fraction of sp³-hybridized carbons (Fsp3) is 0.714. The molecule has 0 bridgehead atoms. The summed E-state index contributed by atoms with van der Waals surface area (Å²) in [5.74, 6) is 0. The van der Waals surface area contributed by atoms with Crippen molar-refractivity contribution in [2.45, 2.75) is 24.5 Å². The maximum absolute atomic E-state index is 5.98. The minimum absolute atomic E-state index is 0.0255. The summed E-state index contributed by atoms with van der Waals surface area (Å²) < 4.78 is 0. The first-order valence-corrected chi connectivity index (χ1v) is 4.13. The van der Waals surface area contributed by atoms with Crippen molar-refractivity contribution in [2.75, 3.05) is 6.54 Å². The summed E-state index contributed by atoms with van der Waals surface area (Å²) in [6.07, 6.45) is 6.81. The molecule has 2 aliphatic rings. The Morgan fingerprint density at radius 1 is 1.50 bits per heavy atom. The monoisotopic (exact) mass is 158 g/mol. The SMILES string of the molecule is ClC1NCC=CN1C1CC1. The van der Waals surface area contributed by atoms with E-state index in [1.165, 1.54) is 12.8 Å². The molecule has 10 heavy (non-hydrogen) atoms. The Bertz CT molecular complexity index is 154. The third kappa shape index (κ3) is 1.13. The minimum Gasteiger partial charge on any atom is -0.347 e. The first-order valence-electron chi connectivity index (χ1n) is 3.69. The molecular formula is C7H11ClN2. The van der Waals surface area contributed by atoms with Crippen molar-refractivity contribution in [3.8, 4) is 0 Å². The molecule has 1 N–H and O–H groups in total. The van der Waals surface area contributed by atoms with Gasteiger partial charge in [-0.05, 0) is 19.0 Å². The zero-order valence-corrected chi connectivity index (χ0v) is 6.51. The summed E-state index contributed by atoms with van der Waals surface area (Å²) in [6, 6.07) is 0.714. The van der Waals surface area contributed by atoms with Crippen LogP contribution in [0.2, 0.25) is 0 Å². The van der Waals surface area contributed by atoms with Crippen molar-refractivity contribution in [1.82, 2.24) is 10.2 Å². The lowest BCUT2D eigenvalue weighted by atomic mass is 10.4. The highest BCUT2D eigenvalue weighted by atomic mass is 35.5. The molecule has 0 aromatic rings. The highest BCUT2D eigenvalue weighted by molar-refractivity contribution is 6.20. The molecule has 56 valence electrons. The summed E-state index contributed by atoms with van der Waals surface area (Å²) in [4.78, 5) is 2.19. The summed E-state index contributed by atoms with van der Waals surface area (Å²) in [6.45, 7) is 0.900. The number of alkyl halides is 1. The molecule has 0 spiro atoms. The second-order valence-electron chi connectivity index (χ2n) is 2.81. The maximum atomic E-state index is 5.98. The standard InChI is InChI=1S/C7H11ClN2/c8-7-9-4-1-5-10(7)6-2-3-6/h1,5-7,9H,2-4H2. The lowest BCUT2D eigenvalue weighted by Gasteiger charge is -2.29. The van der Waals surface area contributed by atoms with Crippen LogP contribution in [0.1, 0.15) is 12.8 Å². The van der Waals surface area contributed by atoms with Crippen LogP contribution in [0.5, 0.6) is 0 Å². The van der Waals surface area contributed by atoms with Gasteiger partial charge in [0.15, 0.2) is 5.62 Å². The zero-order valence-electron chi connectivity index (χ0n) is 5.76. The molecule has 0 saturated heterocycles. The average Bonchev–Trinajstić information content (AvgIpc) is 2.71. The van der Waals surface area contributed by atoms with Gasteiger partial charge in [-0.2, -0.15) is 0 Å². The Hall–Kier alpha value is -0.210. The molecule has 2 rings (SSSR count). The van der Waals surface area contributed by atoms with E-state index >= 15 is 0 Å². The largest absolute Gasteiger partial charge is 0.347 e. The van der Waals surface area contributed by atoms with Gasteiger partial charge in [-0.15, -0.1) is 0 Å². The molecule has 0 aromatic heterocycles. The molecule has 0 amide bonds. The molecule has 2 nitrogen and oxygen atoms in total. The molecule has 3 heteroatoms. The van der Waals surface area contributed by atoms with Gasteiger partial charge in [-0.25, -0.2) is 0 Å². The van der Waals surface area contributed by atoms with Crippen LogP contribution in [0.15, 0.2) is 12.3 Å². The molecule has 0 radical (unpaired) electrons. The molecule has 1 heterocycles. The Labute approximate surface area is 65.8 Å². The second-order valence-corrected chi connectivity index (χ2v) is 3.22. The molecule has 1 fully saturated rings. The summed E-state index contributed by atoms with van der Waals surface area (Å²) in [5.41, 5.74) is 0.0255. The van der Waals surface area contributed by atoms with Crippen molar-refractivity contribution >= 4 is 11.6 Å². The smallest absolute Gasteiger partial charge is 0.157 e. The molecular weight excluding hydrogens is 148 g/mol. The van der Waals surface area contributed by atoms with E-state index in [4.69, 9.17) is 11.6 Å². The average molecular weight is 159 g/mol. The highest BCUT2D eigenvalue weighted by Crippen LogP contribution is 2.29. The van der Waals surface area contributed by atoms with E-state index in [2.05, 4.69) is 22.5 Å².